The highest BCUT2D eigenvalue weighted by Crippen LogP contribution is 2.38. The van der Waals surface area contributed by atoms with Crippen molar-refractivity contribution >= 4 is 21.9 Å². The van der Waals surface area contributed by atoms with Crippen LogP contribution in [0.25, 0.3) is 44.6 Å². The van der Waals surface area contributed by atoms with Crippen LogP contribution in [0.3, 0.4) is 0 Å². The molecule has 0 spiro atoms. The summed E-state index contributed by atoms with van der Waals surface area (Å²) in [5.41, 5.74) is 6.25. The van der Waals surface area contributed by atoms with Gasteiger partial charge in [0.25, 0.3) is 0 Å². The third-order valence-corrected chi connectivity index (χ3v) is 4.68. The van der Waals surface area contributed by atoms with E-state index in [9.17, 15) is 0 Å². The number of benzene rings is 1. The highest BCUT2D eigenvalue weighted by Gasteiger charge is 2.19. The molecule has 0 fully saturated rings. The standard InChI is InChI=1S/C20H16N5O/c1-11(2)17-14-9-12(20-22-7-8-26-20)3-4-16(14)24-18(17)13-5-6-21-19-15(13)10-23-25-19/h3-6,8-11,24H,1-2H3,(H,21,23,25). The largest absolute Gasteiger partial charge is 0.444 e. The lowest BCUT2D eigenvalue weighted by Gasteiger charge is -2.09. The first-order chi connectivity index (χ1) is 12.7. The summed E-state index contributed by atoms with van der Waals surface area (Å²) >= 11 is 0. The van der Waals surface area contributed by atoms with Crippen molar-refractivity contribution in [1.29, 1.82) is 0 Å². The van der Waals surface area contributed by atoms with E-state index in [-0.39, 0.29) is 0 Å². The molecule has 0 amide bonds. The number of pyridine rings is 1. The number of hydrogen-bond acceptors (Lipinski definition) is 4. The molecule has 0 bridgehead atoms. The molecule has 0 atom stereocenters. The predicted octanol–water partition coefficient (Wildman–Crippen LogP) is 4.68. The Hall–Kier alpha value is -3.41. The molecule has 127 valence electrons. The van der Waals surface area contributed by atoms with Crippen LogP contribution in [-0.2, 0) is 0 Å². The van der Waals surface area contributed by atoms with E-state index in [0.29, 0.717) is 11.8 Å². The fourth-order valence-electron chi connectivity index (χ4n) is 3.55. The number of hydrogen-bond donors (Lipinski definition) is 2. The Morgan fingerprint density at radius 1 is 1.15 bits per heavy atom. The Morgan fingerprint density at radius 2 is 2.08 bits per heavy atom. The number of rotatable bonds is 3. The second-order valence-electron chi connectivity index (χ2n) is 6.60. The lowest BCUT2D eigenvalue weighted by molar-refractivity contribution is 0.574. The second kappa shape index (κ2) is 5.56. The van der Waals surface area contributed by atoms with Crippen LogP contribution in [0.2, 0.25) is 0 Å². The molecule has 0 aliphatic carbocycles. The van der Waals surface area contributed by atoms with E-state index in [0.717, 1.165) is 33.4 Å². The number of aromatic amines is 2. The highest BCUT2D eigenvalue weighted by molar-refractivity contribution is 5.99. The Balaban J connectivity index is 1.80. The van der Waals surface area contributed by atoms with E-state index in [1.165, 1.54) is 17.2 Å². The van der Waals surface area contributed by atoms with Crippen LogP contribution in [0.5, 0.6) is 0 Å². The Morgan fingerprint density at radius 3 is 2.88 bits per heavy atom. The predicted molar refractivity (Wildman–Crippen MR) is 99.6 cm³/mol. The molecule has 6 nitrogen and oxygen atoms in total. The molecule has 0 aliphatic rings. The number of nitrogens with zero attached hydrogens (tertiary/aromatic N) is 3. The van der Waals surface area contributed by atoms with Crippen molar-refractivity contribution in [3.8, 4) is 22.7 Å². The van der Waals surface area contributed by atoms with E-state index in [1.807, 2.05) is 18.3 Å². The summed E-state index contributed by atoms with van der Waals surface area (Å²) in [5, 5.41) is 9.25. The third kappa shape index (κ3) is 2.15. The van der Waals surface area contributed by atoms with E-state index in [2.05, 4.69) is 57.3 Å². The van der Waals surface area contributed by atoms with Crippen molar-refractivity contribution in [3.63, 3.8) is 0 Å². The number of fused-ring (bicyclic) bond motifs is 2. The van der Waals surface area contributed by atoms with Crippen molar-refractivity contribution in [1.82, 2.24) is 25.1 Å². The first-order valence-electron chi connectivity index (χ1n) is 8.48. The molecule has 1 radical (unpaired) electrons. The van der Waals surface area contributed by atoms with E-state index in [1.54, 1.807) is 6.20 Å². The van der Waals surface area contributed by atoms with E-state index < -0.39 is 0 Å². The minimum atomic E-state index is 0.334. The van der Waals surface area contributed by atoms with Crippen LogP contribution < -0.4 is 0 Å². The molecule has 6 heteroatoms. The van der Waals surface area contributed by atoms with Crippen LogP contribution >= 0.6 is 0 Å². The quantitative estimate of drug-likeness (QED) is 0.498. The molecule has 4 aromatic heterocycles. The zero-order valence-corrected chi connectivity index (χ0v) is 14.4. The maximum absolute atomic E-state index is 5.41. The lowest BCUT2D eigenvalue weighted by atomic mass is 9.95. The molecular weight excluding hydrogens is 326 g/mol. The zero-order valence-electron chi connectivity index (χ0n) is 14.4. The molecule has 1 aromatic carbocycles. The fourth-order valence-corrected chi connectivity index (χ4v) is 3.55. The zero-order chi connectivity index (χ0) is 17.7. The molecule has 5 rings (SSSR count). The molecular formula is C20H16N5O. The maximum atomic E-state index is 5.41. The van der Waals surface area contributed by atoms with Crippen LogP contribution in [0.4, 0.5) is 0 Å². The van der Waals surface area contributed by atoms with Crippen LogP contribution in [0.15, 0.2) is 47.3 Å². The normalized spacial score (nSPS) is 11.8. The molecule has 0 unspecified atom stereocenters. The van der Waals surface area contributed by atoms with Gasteiger partial charge in [0.2, 0.25) is 5.89 Å². The molecule has 5 aromatic rings. The van der Waals surface area contributed by atoms with Crippen molar-refractivity contribution in [2.75, 3.05) is 0 Å². The van der Waals surface area contributed by atoms with Crippen LogP contribution in [0, 0.1) is 6.20 Å². The molecule has 2 N–H and O–H groups in total. The lowest BCUT2D eigenvalue weighted by Crippen LogP contribution is -1.91. The minimum absolute atomic E-state index is 0.334. The van der Waals surface area contributed by atoms with Crippen LogP contribution in [-0.4, -0.2) is 25.1 Å². The highest BCUT2D eigenvalue weighted by atomic mass is 16.3. The molecule has 26 heavy (non-hydrogen) atoms. The van der Waals surface area contributed by atoms with E-state index >= 15 is 0 Å². The third-order valence-electron chi connectivity index (χ3n) is 4.68. The Labute approximate surface area is 149 Å². The molecule has 0 saturated heterocycles. The van der Waals surface area contributed by atoms with Crippen molar-refractivity contribution < 1.29 is 4.42 Å². The molecule has 4 heterocycles. The SMILES string of the molecule is CC(C)c1c(-c2ccnc3[nH]ncc23)[nH]c2ccc(-c3n[c]co3)cc12. The summed E-state index contributed by atoms with van der Waals surface area (Å²) in [5.74, 6) is 0.908. The summed E-state index contributed by atoms with van der Waals surface area (Å²) < 4.78 is 5.41. The summed E-state index contributed by atoms with van der Waals surface area (Å²) in [7, 11) is 0. The maximum Gasteiger partial charge on any atom is 0.226 e. The van der Waals surface area contributed by atoms with Gasteiger partial charge in [-0.1, -0.05) is 13.8 Å². The average Bonchev–Trinajstić information content (AvgIpc) is 3.38. The van der Waals surface area contributed by atoms with Gasteiger partial charge in [-0.15, -0.1) is 0 Å². The Bertz CT molecular complexity index is 1210. The van der Waals surface area contributed by atoms with Crippen molar-refractivity contribution in [2.24, 2.45) is 0 Å². The van der Waals surface area contributed by atoms with Gasteiger partial charge in [-0.3, -0.25) is 5.10 Å². The average molecular weight is 342 g/mol. The first-order valence-corrected chi connectivity index (χ1v) is 8.48. The summed E-state index contributed by atoms with van der Waals surface area (Å²) in [6.45, 7) is 4.40. The Kier molecular flexibility index (Phi) is 3.18. The number of nitrogens with one attached hydrogen (secondary N) is 2. The van der Waals surface area contributed by atoms with Crippen LogP contribution in [0.1, 0.15) is 25.3 Å². The molecule has 0 aliphatic heterocycles. The van der Waals surface area contributed by atoms with Gasteiger partial charge in [0.1, 0.15) is 12.5 Å². The fraction of sp³-hybridized carbons (Fsp3) is 0.150. The van der Waals surface area contributed by atoms with Crippen molar-refractivity contribution in [2.45, 2.75) is 19.8 Å². The summed E-state index contributed by atoms with van der Waals surface area (Å²) in [6, 6.07) is 8.22. The molecule has 0 saturated carbocycles. The van der Waals surface area contributed by atoms with Gasteiger partial charge in [0.05, 0.1) is 11.9 Å². The number of aromatic nitrogens is 5. The topological polar surface area (TPSA) is 83.4 Å². The van der Waals surface area contributed by atoms with Gasteiger partial charge in [-0.2, -0.15) is 5.10 Å². The second-order valence-corrected chi connectivity index (χ2v) is 6.60. The van der Waals surface area contributed by atoms with Gasteiger partial charge in [0, 0.05) is 33.6 Å². The van der Waals surface area contributed by atoms with Gasteiger partial charge < -0.3 is 9.40 Å². The minimum Gasteiger partial charge on any atom is -0.444 e. The van der Waals surface area contributed by atoms with E-state index in [4.69, 9.17) is 4.42 Å². The summed E-state index contributed by atoms with van der Waals surface area (Å²) in [6.07, 6.45) is 7.82. The monoisotopic (exact) mass is 342 g/mol. The number of oxazole rings is 1. The van der Waals surface area contributed by atoms with Gasteiger partial charge in [0.15, 0.2) is 5.65 Å². The number of H-pyrrole nitrogens is 2. The smallest absolute Gasteiger partial charge is 0.226 e. The van der Waals surface area contributed by atoms with Gasteiger partial charge in [-0.05, 0) is 35.7 Å². The van der Waals surface area contributed by atoms with Gasteiger partial charge in [-0.25, -0.2) is 9.97 Å². The van der Waals surface area contributed by atoms with Crippen molar-refractivity contribution in [3.05, 3.63) is 54.7 Å². The first kappa shape index (κ1) is 14.9. The summed E-state index contributed by atoms with van der Waals surface area (Å²) in [4.78, 5) is 12.1. The van der Waals surface area contributed by atoms with Gasteiger partial charge >= 0.3 is 0 Å².